The number of amides is 1. The monoisotopic (exact) mass is 282 g/mol. The van der Waals surface area contributed by atoms with E-state index in [1.165, 1.54) is 0 Å². The number of piperidine rings is 1. The molecule has 1 aromatic rings. The maximum absolute atomic E-state index is 12.2. The van der Waals surface area contributed by atoms with Gasteiger partial charge in [0.05, 0.1) is 12.1 Å². The summed E-state index contributed by atoms with van der Waals surface area (Å²) in [5.74, 6) is -0.0728. The number of aliphatic hydroxyl groups excluding tert-OH is 1. The molecular formula is C14H19ClN2O2. The van der Waals surface area contributed by atoms with Gasteiger partial charge in [-0.05, 0) is 44.5 Å². The molecule has 104 valence electrons. The van der Waals surface area contributed by atoms with Crippen molar-refractivity contribution >= 4 is 23.2 Å². The van der Waals surface area contributed by atoms with Crippen LogP contribution in [0.3, 0.4) is 0 Å². The van der Waals surface area contributed by atoms with Gasteiger partial charge >= 0.3 is 0 Å². The molecule has 0 bridgehead atoms. The molecule has 0 aromatic heterocycles. The fraction of sp³-hybridized carbons (Fsp3) is 0.500. The molecule has 0 saturated carbocycles. The van der Waals surface area contributed by atoms with Crippen LogP contribution in [0, 0.1) is 0 Å². The van der Waals surface area contributed by atoms with E-state index in [9.17, 15) is 9.90 Å². The van der Waals surface area contributed by atoms with Gasteiger partial charge in [0.1, 0.15) is 0 Å². The highest BCUT2D eigenvalue weighted by Crippen LogP contribution is 2.17. The van der Waals surface area contributed by atoms with Crippen molar-refractivity contribution in [2.24, 2.45) is 0 Å². The number of hydrogen-bond acceptors (Lipinski definition) is 3. The topological polar surface area (TPSA) is 52.6 Å². The zero-order valence-electron chi connectivity index (χ0n) is 11.0. The molecule has 1 saturated heterocycles. The number of hydrogen-bond donors (Lipinski definition) is 2. The van der Waals surface area contributed by atoms with E-state index in [0.717, 1.165) is 19.4 Å². The predicted molar refractivity (Wildman–Crippen MR) is 76.4 cm³/mol. The third-order valence-corrected chi connectivity index (χ3v) is 3.68. The van der Waals surface area contributed by atoms with Gasteiger partial charge in [-0.25, -0.2) is 0 Å². The molecule has 1 aliphatic heterocycles. The Morgan fingerprint density at radius 3 is 3.05 bits per heavy atom. The van der Waals surface area contributed by atoms with E-state index < -0.39 is 0 Å². The number of carbonyl (C=O) groups excluding carboxylic acids is 1. The summed E-state index contributed by atoms with van der Waals surface area (Å²) in [7, 11) is 0. The molecule has 1 aliphatic rings. The van der Waals surface area contributed by atoms with Crippen LogP contribution >= 0.6 is 11.6 Å². The average Bonchev–Trinajstić information content (AvgIpc) is 2.38. The Hall–Kier alpha value is -1.10. The fourth-order valence-corrected chi connectivity index (χ4v) is 2.50. The van der Waals surface area contributed by atoms with Crippen molar-refractivity contribution in [2.75, 3.05) is 18.4 Å². The van der Waals surface area contributed by atoms with Crippen LogP contribution < -0.4 is 5.32 Å². The van der Waals surface area contributed by atoms with Gasteiger partial charge in [-0.15, -0.1) is 0 Å². The lowest BCUT2D eigenvalue weighted by Gasteiger charge is -2.33. The minimum atomic E-state index is -0.324. The van der Waals surface area contributed by atoms with Crippen molar-refractivity contribution in [3.05, 3.63) is 29.3 Å². The summed E-state index contributed by atoms with van der Waals surface area (Å²) < 4.78 is 0. The maximum Gasteiger partial charge on any atom is 0.241 e. The van der Waals surface area contributed by atoms with E-state index in [4.69, 9.17) is 11.6 Å². The van der Waals surface area contributed by atoms with Gasteiger partial charge in [0.25, 0.3) is 0 Å². The fourth-order valence-electron chi connectivity index (χ4n) is 2.31. The molecule has 1 fully saturated rings. The van der Waals surface area contributed by atoms with Gasteiger partial charge in [0.15, 0.2) is 0 Å². The summed E-state index contributed by atoms with van der Waals surface area (Å²) >= 11 is 5.88. The molecule has 0 radical (unpaired) electrons. The Morgan fingerprint density at radius 2 is 2.37 bits per heavy atom. The highest BCUT2D eigenvalue weighted by atomic mass is 35.5. The number of benzene rings is 1. The number of anilines is 1. The van der Waals surface area contributed by atoms with Crippen LogP contribution in [0.25, 0.3) is 0 Å². The van der Waals surface area contributed by atoms with Crippen LogP contribution in [-0.2, 0) is 4.79 Å². The molecule has 19 heavy (non-hydrogen) atoms. The maximum atomic E-state index is 12.2. The molecule has 1 heterocycles. The number of likely N-dealkylation sites (tertiary alicyclic amines) is 1. The molecule has 1 amide bonds. The number of nitrogens with one attached hydrogen (secondary N) is 1. The van der Waals surface area contributed by atoms with E-state index in [1.807, 2.05) is 17.9 Å². The number of rotatable bonds is 3. The zero-order valence-corrected chi connectivity index (χ0v) is 11.7. The first-order valence-electron chi connectivity index (χ1n) is 6.55. The quantitative estimate of drug-likeness (QED) is 0.893. The molecule has 2 rings (SSSR count). The Kier molecular flexibility index (Phi) is 4.80. The van der Waals surface area contributed by atoms with Crippen molar-refractivity contribution < 1.29 is 9.90 Å². The molecule has 0 aliphatic carbocycles. The second-order valence-corrected chi connectivity index (χ2v) is 5.40. The summed E-state index contributed by atoms with van der Waals surface area (Å²) in [6, 6.07) is 6.84. The number of nitrogens with zero attached hydrogens (tertiary/aromatic N) is 1. The van der Waals surface area contributed by atoms with Crippen LogP contribution in [0.1, 0.15) is 19.8 Å². The van der Waals surface area contributed by atoms with E-state index in [2.05, 4.69) is 5.32 Å². The van der Waals surface area contributed by atoms with Crippen LogP contribution in [-0.4, -0.2) is 41.1 Å². The molecule has 2 N–H and O–H groups in total. The van der Waals surface area contributed by atoms with Gasteiger partial charge in [-0.1, -0.05) is 17.7 Å². The van der Waals surface area contributed by atoms with Crippen molar-refractivity contribution in [3.63, 3.8) is 0 Å². The minimum absolute atomic E-state index is 0.0728. The zero-order chi connectivity index (χ0) is 13.8. The highest BCUT2D eigenvalue weighted by Gasteiger charge is 2.26. The van der Waals surface area contributed by atoms with Crippen molar-refractivity contribution in [3.8, 4) is 0 Å². The van der Waals surface area contributed by atoms with Gasteiger partial charge in [-0.3, -0.25) is 9.69 Å². The summed E-state index contributed by atoms with van der Waals surface area (Å²) in [6.45, 7) is 3.27. The summed E-state index contributed by atoms with van der Waals surface area (Å²) in [6.07, 6.45) is 1.42. The Balaban J connectivity index is 1.95. The first kappa shape index (κ1) is 14.3. The lowest BCUT2D eigenvalue weighted by atomic mass is 10.1. The van der Waals surface area contributed by atoms with E-state index >= 15 is 0 Å². The molecule has 1 aromatic carbocycles. The predicted octanol–water partition coefficient (Wildman–Crippen LogP) is 2.12. The Morgan fingerprint density at radius 1 is 1.58 bits per heavy atom. The number of aliphatic hydroxyl groups is 1. The number of halogens is 1. The van der Waals surface area contributed by atoms with Crippen molar-refractivity contribution in [1.82, 2.24) is 4.90 Å². The molecule has 0 spiro atoms. The molecule has 2 atom stereocenters. The largest absolute Gasteiger partial charge is 0.392 e. The smallest absolute Gasteiger partial charge is 0.241 e. The van der Waals surface area contributed by atoms with Gasteiger partial charge in [0.2, 0.25) is 5.91 Å². The molecular weight excluding hydrogens is 264 g/mol. The van der Waals surface area contributed by atoms with Crippen LogP contribution in [0.2, 0.25) is 5.02 Å². The van der Waals surface area contributed by atoms with E-state index in [0.29, 0.717) is 17.3 Å². The lowest BCUT2D eigenvalue weighted by Crippen LogP contribution is -2.48. The van der Waals surface area contributed by atoms with Gasteiger partial charge in [-0.2, -0.15) is 0 Å². The highest BCUT2D eigenvalue weighted by molar-refractivity contribution is 6.30. The summed E-state index contributed by atoms with van der Waals surface area (Å²) in [5, 5.41) is 13.1. The Bertz CT molecular complexity index is 453. The van der Waals surface area contributed by atoms with Crippen LogP contribution in [0.15, 0.2) is 24.3 Å². The first-order valence-corrected chi connectivity index (χ1v) is 6.92. The minimum Gasteiger partial charge on any atom is -0.392 e. The average molecular weight is 283 g/mol. The van der Waals surface area contributed by atoms with E-state index in [-0.39, 0.29) is 18.1 Å². The third-order valence-electron chi connectivity index (χ3n) is 3.45. The third kappa shape index (κ3) is 3.93. The second kappa shape index (κ2) is 6.37. The van der Waals surface area contributed by atoms with E-state index in [1.54, 1.807) is 18.2 Å². The van der Waals surface area contributed by atoms with Gasteiger partial charge in [0, 0.05) is 17.3 Å². The standard InChI is InChI=1S/C14H19ClN2O2/c1-10(17-7-3-6-13(18)9-17)14(19)16-12-5-2-4-11(15)8-12/h2,4-5,8,10,13,18H,3,6-7,9H2,1H3,(H,16,19). The molecule has 5 heteroatoms. The first-order chi connectivity index (χ1) is 9.06. The lowest BCUT2D eigenvalue weighted by molar-refractivity contribution is -0.121. The second-order valence-electron chi connectivity index (χ2n) is 4.97. The molecule has 4 nitrogen and oxygen atoms in total. The summed E-state index contributed by atoms with van der Waals surface area (Å²) in [4.78, 5) is 14.2. The number of β-amino-alcohol motifs (C(OH)–C–C–N with tert-alkyl or cyclic N) is 1. The van der Waals surface area contributed by atoms with Crippen molar-refractivity contribution in [1.29, 1.82) is 0 Å². The molecule has 2 unspecified atom stereocenters. The van der Waals surface area contributed by atoms with Crippen LogP contribution in [0.4, 0.5) is 5.69 Å². The number of carbonyl (C=O) groups is 1. The normalized spacial score (nSPS) is 21.9. The van der Waals surface area contributed by atoms with Gasteiger partial charge < -0.3 is 10.4 Å². The van der Waals surface area contributed by atoms with Crippen molar-refractivity contribution in [2.45, 2.75) is 31.9 Å². The SMILES string of the molecule is CC(C(=O)Nc1cccc(Cl)c1)N1CCCC(O)C1. The Labute approximate surface area is 118 Å². The summed E-state index contributed by atoms with van der Waals surface area (Å²) in [5.41, 5.74) is 0.696. The van der Waals surface area contributed by atoms with Crippen LogP contribution in [0.5, 0.6) is 0 Å².